The van der Waals surface area contributed by atoms with Gasteiger partial charge in [0.25, 0.3) is 0 Å². The molecule has 0 saturated carbocycles. The second-order valence-corrected chi connectivity index (χ2v) is 31.1. The van der Waals surface area contributed by atoms with Crippen molar-refractivity contribution in [2.75, 3.05) is 62.0 Å². The fourth-order valence-corrected chi connectivity index (χ4v) is 15.0. The molecule has 117 heavy (non-hydrogen) atoms. The Morgan fingerprint density at radius 1 is 0.308 bits per heavy atom. The average molecular weight is 1960 g/mol. The number of hydrogen-bond acceptors (Lipinski definition) is 55. The van der Waals surface area contributed by atoms with Crippen molar-refractivity contribution in [2.45, 2.75) is 166 Å². The van der Waals surface area contributed by atoms with Gasteiger partial charge < -0.3 is 132 Å². The number of rotatable bonds is 41. The van der Waals surface area contributed by atoms with Crippen molar-refractivity contribution in [2.24, 2.45) is 0 Å². The number of benzene rings is 1. The van der Waals surface area contributed by atoms with Crippen molar-refractivity contribution in [1.82, 2.24) is 0 Å². The van der Waals surface area contributed by atoms with Gasteiger partial charge in [0.1, 0.15) is 97.7 Å². The maximum atomic E-state index is 13.6. The summed E-state index contributed by atoms with van der Waals surface area (Å²) < 4.78 is 454. The van der Waals surface area contributed by atoms with Crippen LogP contribution >= 0.6 is 0 Å². The van der Waals surface area contributed by atoms with Crippen molar-refractivity contribution < 1.29 is 511 Å². The molecule has 0 aromatic heterocycles. The third kappa shape index (κ3) is 42.2. The van der Waals surface area contributed by atoms with E-state index < -0.39 is 292 Å². The van der Waals surface area contributed by atoms with Crippen LogP contribution in [-0.4, -0.2) is 344 Å². The van der Waals surface area contributed by atoms with Gasteiger partial charge in [-0.15, -0.1) is 0 Å². The van der Waals surface area contributed by atoms with E-state index in [2.05, 4.69) is 37.6 Å². The summed E-state index contributed by atoms with van der Waals surface area (Å²) in [5, 5.41) is 26.8. The molecule has 25 atom stereocenters. The molecule has 5 fully saturated rings. The van der Waals surface area contributed by atoms with Gasteiger partial charge in [-0.2, -0.15) is 0 Å². The van der Waals surface area contributed by atoms with Gasteiger partial charge in [-0.25, -0.2) is 75.8 Å². The fourth-order valence-electron chi connectivity index (χ4n) is 11.2. The molecule has 0 radical (unpaired) electrons. The summed E-state index contributed by atoms with van der Waals surface area (Å²) in [6.45, 7) is -6.41. The number of hydrogen-bond donors (Lipinski definition) is 0. The Balaban J connectivity index is -0.00000709. The Labute approximate surface area is 867 Å². The van der Waals surface area contributed by atoms with Gasteiger partial charge in [-0.3, -0.25) is 37.6 Å². The van der Waals surface area contributed by atoms with Gasteiger partial charge in [-0.1, -0.05) is 30.3 Å². The molecule has 0 aliphatic carbocycles. The number of methoxy groups -OCH3 is 5. The molecule has 628 valence electrons. The maximum Gasteiger partial charge on any atom is 1.00 e. The molecule has 1 aromatic rings. The van der Waals surface area contributed by atoms with Gasteiger partial charge in [0, 0.05) is 42.2 Å². The van der Waals surface area contributed by atoms with E-state index >= 15 is 0 Å². The van der Waals surface area contributed by atoms with E-state index in [1.54, 1.807) is 0 Å². The van der Waals surface area contributed by atoms with Crippen LogP contribution < -0.4 is 276 Å². The zero-order valence-corrected chi connectivity index (χ0v) is 88.5. The largest absolute Gasteiger partial charge is 1.00 e. The first-order chi connectivity index (χ1) is 49.6. The minimum atomic E-state index is -6.75. The minimum Gasteiger partial charge on any atom is -0.726 e. The SMILES string of the molecule is COC1OC(COS(=O)(=O)[O-])C(OC2OC(C(=O)[O-])C(OC3OC(COS(=O)(=O)[O-])C(OC4OC(C(=O)[O-])C(OC5OC(COS(=O)(=O)[O-])C(OC)C(OC)C5OS(=O)(=O)[O-])C(OC)C4OC)C(OS(=O)(=O)[O-])C3OS(=O)(=O)[O-])C(OCCCc3ccccc3)C2OS(=O)(=O)[O-])C(OS(=O)(=O)[O-])C1OS(=O)(=O)[O-].[Na+].[Na+].[Na+].[Na+].[Na+].[Na+].[Na+].[Na+].[Na+]. The molecule has 55 nitrogen and oxygen atoms in total. The molecular formula is C44H57Na9O55S9-2. The van der Waals surface area contributed by atoms with Crippen LogP contribution in [0.3, 0.4) is 0 Å². The second-order valence-electron chi connectivity index (χ2n) is 21.9. The number of carboxylic acids is 2. The molecule has 5 aliphatic heterocycles. The first-order valence-electron chi connectivity index (χ1n) is 28.8. The Kier molecular flexibility index (Phi) is 60.8. The Morgan fingerprint density at radius 3 is 0.889 bits per heavy atom. The molecule has 5 heterocycles. The molecular weight excluding hydrogens is 1900 g/mol. The fraction of sp³-hybridized carbons (Fsp3) is 0.818. The van der Waals surface area contributed by atoms with E-state index in [0.717, 1.165) is 14.2 Å². The van der Waals surface area contributed by atoms with Crippen LogP contribution in [0.15, 0.2) is 30.3 Å². The number of aryl methyl sites for hydroxylation is 1. The number of aliphatic carboxylic acids is 2. The first-order valence-corrected chi connectivity index (χ1v) is 40.8. The Hall–Kier alpha value is 5.39. The van der Waals surface area contributed by atoms with Gasteiger partial charge in [0.15, 0.2) is 55.9 Å². The smallest absolute Gasteiger partial charge is 0.726 e. The third-order valence-corrected chi connectivity index (χ3v) is 19.0. The molecule has 0 bridgehead atoms. The van der Waals surface area contributed by atoms with Crippen molar-refractivity contribution in [3.63, 3.8) is 0 Å². The molecule has 25 unspecified atom stereocenters. The third-order valence-electron chi connectivity index (χ3n) is 15.0. The second kappa shape index (κ2) is 55.3. The van der Waals surface area contributed by atoms with Crippen LogP contribution in [0.5, 0.6) is 0 Å². The molecule has 5 aliphatic rings. The van der Waals surface area contributed by atoms with Crippen LogP contribution in [0, 0.1) is 0 Å². The molecule has 0 N–H and O–H groups in total. The van der Waals surface area contributed by atoms with Crippen molar-refractivity contribution >= 4 is 106 Å². The van der Waals surface area contributed by atoms with Crippen LogP contribution in [0.2, 0.25) is 0 Å². The van der Waals surface area contributed by atoms with Crippen LogP contribution in [0.1, 0.15) is 12.0 Å². The predicted molar refractivity (Wildman–Crippen MR) is 302 cm³/mol. The number of carboxylic acid groups (broad SMARTS) is 2. The molecule has 1 aromatic carbocycles. The number of ether oxygens (including phenoxy) is 15. The Morgan fingerprint density at radius 2 is 0.573 bits per heavy atom. The van der Waals surface area contributed by atoms with E-state index in [4.69, 9.17) is 71.1 Å². The molecule has 0 spiro atoms. The van der Waals surface area contributed by atoms with Crippen molar-refractivity contribution in [1.29, 1.82) is 0 Å². The van der Waals surface area contributed by atoms with E-state index in [1.165, 1.54) is 30.3 Å². The summed E-state index contributed by atoms with van der Waals surface area (Å²) >= 11 is 0. The minimum absolute atomic E-state index is 0. The van der Waals surface area contributed by atoms with E-state index in [0.29, 0.717) is 26.9 Å². The van der Waals surface area contributed by atoms with Gasteiger partial charge >= 0.3 is 266 Å². The summed E-state index contributed by atoms with van der Waals surface area (Å²) in [5.41, 5.74) is 0.410. The summed E-state index contributed by atoms with van der Waals surface area (Å²) in [4.78, 5) is 26.8. The molecule has 6 rings (SSSR count). The van der Waals surface area contributed by atoms with Crippen LogP contribution in [0.25, 0.3) is 0 Å². The van der Waals surface area contributed by atoms with Crippen molar-refractivity contribution in [3.05, 3.63) is 35.9 Å². The molecule has 73 heteroatoms. The van der Waals surface area contributed by atoms with E-state index in [1.807, 2.05) is 0 Å². The molecule has 0 amide bonds. The normalized spacial score (nSPS) is 31.9. The number of carbonyl (C=O) groups excluding carboxylic acids is 2. The van der Waals surface area contributed by atoms with Crippen LogP contribution in [0.4, 0.5) is 0 Å². The van der Waals surface area contributed by atoms with Gasteiger partial charge in [0.2, 0.25) is 93.6 Å². The standard InChI is InChI=1S/C44H68O55S9.9Na/c1-76-21-18(14-82-100(49,50)51)86-42(34(24(21)77-2)96-105(64,65)66)90-27-25(78-3)33(79-4)41(92-31(27)38(45)46)88-23-20(16-84-102(55,56)57)87-43(37(99-108(73,74)75)30(23)95-104(61,62)63)91-28-26(81-13-9-12-17-10-7-6-8-11-17)35(97-106(67,68)69)44(93-32(28)39(47)48)89-22-19(15-83-101(52,53)54)85-40(80-5)36(98-107(70,71)72)29(22)94-103(58,59)60;;;;;;;;;/h6-8,10-11,18-37,40-44H,9,12-16H2,1-5H3,(H,45,46)(H,47,48)(H,49,50,51)(H,52,53,54)(H,55,56,57)(H,58,59,60)(H,61,62,63)(H,64,65,66)(H,67,68,69)(H,70,71,72)(H,73,74,75);;;;;;;;;/q;9*+1/p-11. The van der Waals surface area contributed by atoms with E-state index in [9.17, 15) is 137 Å². The van der Waals surface area contributed by atoms with E-state index in [-0.39, 0.29) is 272 Å². The monoisotopic (exact) mass is 1960 g/mol. The summed E-state index contributed by atoms with van der Waals surface area (Å²) in [6, 6.07) is 7.40. The van der Waals surface area contributed by atoms with Gasteiger partial charge in [0.05, 0.1) is 31.8 Å². The van der Waals surface area contributed by atoms with Gasteiger partial charge in [-0.05, 0) is 18.4 Å². The summed E-state index contributed by atoms with van der Waals surface area (Å²) in [6.07, 6.45) is -73.3. The molecule has 5 saturated heterocycles. The van der Waals surface area contributed by atoms with Crippen LogP contribution in [-0.2, 0) is 218 Å². The first kappa shape index (κ1) is 129. The number of carbonyl (C=O) groups is 2. The zero-order valence-electron chi connectivity index (χ0n) is 63.2. The maximum absolute atomic E-state index is 13.6. The Bertz CT molecular complexity index is 4290. The average Bonchev–Trinajstić information content (AvgIpc) is 0.754. The van der Waals surface area contributed by atoms with Crippen molar-refractivity contribution in [3.8, 4) is 0 Å². The topological polar surface area (TPSA) is 817 Å². The summed E-state index contributed by atoms with van der Waals surface area (Å²) in [5.74, 6) is -5.39. The predicted octanol–water partition coefficient (Wildman–Crippen LogP) is -40.1. The quantitative estimate of drug-likeness (QED) is 0.0254. The zero-order chi connectivity index (χ0) is 81.4. The summed E-state index contributed by atoms with van der Waals surface area (Å²) in [7, 11) is -53.4.